The smallest absolute Gasteiger partial charge is 0.228 e. The zero-order chi connectivity index (χ0) is 17.5. The predicted octanol–water partition coefficient (Wildman–Crippen LogP) is 2.85. The maximum atomic E-state index is 12.7. The van der Waals surface area contributed by atoms with Gasteiger partial charge >= 0.3 is 0 Å². The Morgan fingerprint density at radius 2 is 1.67 bits per heavy atom. The van der Waals surface area contributed by atoms with Crippen molar-refractivity contribution in [1.82, 2.24) is 5.32 Å². The molecule has 3 N–H and O–H groups in total. The van der Waals surface area contributed by atoms with Gasteiger partial charge in [0, 0.05) is 0 Å². The molecule has 2 aromatic carbocycles. The summed E-state index contributed by atoms with van der Waals surface area (Å²) in [5.74, 6) is 0.0294. The van der Waals surface area contributed by atoms with E-state index in [-0.39, 0.29) is 36.1 Å². The van der Waals surface area contributed by atoms with Gasteiger partial charge < -0.3 is 15.5 Å². The highest BCUT2D eigenvalue weighted by molar-refractivity contribution is 5.84. The third-order valence-electron chi connectivity index (χ3n) is 4.09. The van der Waals surface area contributed by atoms with E-state index in [4.69, 9.17) is 0 Å². The zero-order valence-electron chi connectivity index (χ0n) is 14.1. The van der Waals surface area contributed by atoms with Crippen molar-refractivity contribution in [3.05, 3.63) is 65.7 Å². The second kappa shape index (κ2) is 8.50. The van der Waals surface area contributed by atoms with E-state index in [1.807, 2.05) is 44.2 Å². The Kier molecular flexibility index (Phi) is 6.38. The molecule has 0 aromatic heterocycles. The van der Waals surface area contributed by atoms with Crippen LogP contribution in [0.15, 0.2) is 54.6 Å². The summed E-state index contributed by atoms with van der Waals surface area (Å²) in [4.78, 5) is 12.7. The highest BCUT2D eigenvalue weighted by Crippen LogP contribution is 2.24. The van der Waals surface area contributed by atoms with E-state index in [1.165, 1.54) is 0 Å². The van der Waals surface area contributed by atoms with Crippen molar-refractivity contribution in [3.8, 4) is 5.75 Å². The van der Waals surface area contributed by atoms with E-state index in [1.54, 1.807) is 24.3 Å². The van der Waals surface area contributed by atoms with Gasteiger partial charge in [-0.3, -0.25) is 4.79 Å². The molecule has 1 amide bonds. The topological polar surface area (TPSA) is 69.6 Å². The van der Waals surface area contributed by atoms with Crippen LogP contribution in [0.1, 0.15) is 30.9 Å². The average molecular weight is 327 g/mol. The van der Waals surface area contributed by atoms with Crippen molar-refractivity contribution in [3.63, 3.8) is 0 Å². The summed E-state index contributed by atoms with van der Waals surface area (Å²) in [5.41, 5.74) is 1.93. The summed E-state index contributed by atoms with van der Waals surface area (Å²) >= 11 is 0. The highest BCUT2D eigenvalue weighted by atomic mass is 16.3. The van der Waals surface area contributed by atoms with Crippen LogP contribution in [0.25, 0.3) is 0 Å². The lowest BCUT2D eigenvalue weighted by Gasteiger charge is -2.24. The largest absolute Gasteiger partial charge is 0.508 e. The minimum Gasteiger partial charge on any atom is -0.508 e. The summed E-state index contributed by atoms with van der Waals surface area (Å²) in [6.07, 6.45) is 0.516. The van der Waals surface area contributed by atoms with Crippen LogP contribution in [0.3, 0.4) is 0 Å². The van der Waals surface area contributed by atoms with Crippen LogP contribution in [0.2, 0.25) is 0 Å². The lowest BCUT2D eigenvalue weighted by Crippen LogP contribution is -2.42. The first-order valence-electron chi connectivity index (χ1n) is 8.25. The second-order valence-electron chi connectivity index (χ2n) is 6.39. The molecular formula is C20H25NO3. The average Bonchev–Trinajstić information content (AvgIpc) is 2.57. The Bertz CT molecular complexity index is 638. The van der Waals surface area contributed by atoms with Crippen molar-refractivity contribution in [2.24, 2.45) is 5.92 Å². The number of phenolic OH excluding ortho intramolecular Hbond substituents is 1. The third kappa shape index (κ3) is 4.83. The number of benzene rings is 2. The number of aliphatic hydroxyl groups is 1. The number of carbonyl (C=O) groups is 1. The van der Waals surface area contributed by atoms with Crippen molar-refractivity contribution in [2.45, 2.75) is 32.2 Å². The van der Waals surface area contributed by atoms with Crippen LogP contribution in [-0.2, 0) is 11.2 Å². The molecule has 1 unspecified atom stereocenters. The number of aromatic hydroxyl groups is 1. The van der Waals surface area contributed by atoms with Crippen molar-refractivity contribution in [2.75, 3.05) is 6.61 Å². The first-order valence-corrected chi connectivity index (χ1v) is 8.25. The van der Waals surface area contributed by atoms with Gasteiger partial charge in [-0.2, -0.15) is 0 Å². The SMILES string of the molecule is CC(C)C(C(=O)N[C@H](CO)Cc1ccc(O)cc1)c1ccccc1. The normalized spacial score (nSPS) is 13.5. The van der Waals surface area contributed by atoms with Crippen LogP contribution in [-0.4, -0.2) is 28.8 Å². The Hall–Kier alpha value is -2.33. The quantitative estimate of drug-likeness (QED) is 0.732. The van der Waals surface area contributed by atoms with E-state index in [0.29, 0.717) is 6.42 Å². The van der Waals surface area contributed by atoms with Crippen LogP contribution < -0.4 is 5.32 Å². The Morgan fingerprint density at radius 1 is 1.04 bits per heavy atom. The van der Waals surface area contributed by atoms with Gasteiger partial charge in [-0.05, 0) is 35.6 Å². The molecule has 0 aliphatic carbocycles. The van der Waals surface area contributed by atoms with Crippen LogP contribution in [0.5, 0.6) is 5.75 Å². The number of nitrogens with one attached hydrogen (secondary N) is 1. The van der Waals surface area contributed by atoms with Crippen LogP contribution >= 0.6 is 0 Å². The predicted molar refractivity (Wildman–Crippen MR) is 94.8 cm³/mol. The molecule has 0 spiro atoms. The monoisotopic (exact) mass is 327 g/mol. The zero-order valence-corrected chi connectivity index (χ0v) is 14.1. The molecule has 128 valence electrons. The van der Waals surface area contributed by atoms with Crippen molar-refractivity contribution in [1.29, 1.82) is 0 Å². The number of amides is 1. The molecule has 24 heavy (non-hydrogen) atoms. The fourth-order valence-electron chi connectivity index (χ4n) is 2.87. The van der Waals surface area contributed by atoms with Crippen LogP contribution in [0.4, 0.5) is 0 Å². The van der Waals surface area contributed by atoms with Gasteiger partial charge in [0.15, 0.2) is 0 Å². The molecule has 2 aromatic rings. The number of hydrogen-bond donors (Lipinski definition) is 3. The molecule has 4 heteroatoms. The van der Waals surface area contributed by atoms with Gasteiger partial charge in [0.1, 0.15) is 5.75 Å². The number of aliphatic hydroxyl groups excluding tert-OH is 1. The molecule has 0 aliphatic heterocycles. The standard InChI is InChI=1S/C20H25NO3/c1-14(2)19(16-6-4-3-5-7-16)20(24)21-17(13-22)12-15-8-10-18(23)11-9-15/h3-11,14,17,19,22-23H,12-13H2,1-2H3,(H,21,24)/t17-,19?/m0/s1. The molecule has 0 saturated heterocycles. The Balaban J connectivity index is 2.07. The molecule has 0 radical (unpaired) electrons. The van der Waals surface area contributed by atoms with Gasteiger partial charge in [-0.1, -0.05) is 56.3 Å². The van der Waals surface area contributed by atoms with E-state index >= 15 is 0 Å². The van der Waals surface area contributed by atoms with Crippen molar-refractivity contribution < 1.29 is 15.0 Å². The lowest BCUT2D eigenvalue weighted by atomic mass is 9.87. The van der Waals surface area contributed by atoms with Gasteiger partial charge in [0.2, 0.25) is 5.91 Å². The van der Waals surface area contributed by atoms with Gasteiger partial charge in [-0.15, -0.1) is 0 Å². The molecule has 0 bridgehead atoms. The molecule has 2 rings (SSSR count). The molecule has 4 nitrogen and oxygen atoms in total. The fourth-order valence-corrected chi connectivity index (χ4v) is 2.87. The molecule has 0 fully saturated rings. The molecule has 2 atom stereocenters. The maximum Gasteiger partial charge on any atom is 0.228 e. The van der Waals surface area contributed by atoms with Gasteiger partial charge in [0.05, 0.1) is 18.6 Å². The Morgan fingerprint density at radius 3 is 2.21 bits per heavy atom. The van der Waals surface area contributed by atoms with Gasteiger partial charge in [0.25, 0.3) is 0 Å². The first-order chi connectivity index (χ1) is 11.5. The lowest BCUT2D eigenvalue weighted by molar-refractivity contribution is -0.124. The summed E-state index contributed by atoms with van der Waals surface area (Å²) in [5, 5.41) is 21.9. The first kappa shape index (κ1) is 18.0. The van der Waals surface area contributed by atoms with E-state index in [2.05, 4.69) is 5.32 Å². The van der Waals surface area contributed by atoms with Crippen molar-refractivity contribution >= 4 is 5.91 Å². The highest BCUT2D eigenvalue weighted by Gasteiger charge is 2.25. The summed E-state index contributed by atoms with van der Waals surface area (Å²) in [6, 6.07) is 16.1. The second-order valence-corrected chi connectivity index (χ2v) is 6.39. The molecule has 0 aliphatic rings. The number of carbonyl (C=O) groups excluding carboxylic acids is 1. The number of rotatable bonds is 7. The summed E-state index contributed by atoms with van der Waals surface area (Å²) < 4.78 is 0. The molecular weight excluding hydrogens is 302 g/mol. The summed E-state index contributed by atoms with van der Waals surface area (Å²) in [6.45, 7) is 3.91. The van der Waals surface area contributed by atoms with E-state index in [0.717, 1.165) is 11.1 Å². The maximum absolute atomic E-state index is 12.7. The molecule has 0 heterocycles. The Labute approximate surface area is 143 Å². The summed E-state index contributed by atoms with van der Waals surface area (Å²) in [7, 11) is 0. The third-order valence-corrected chi connectivity index (χ3v) is 4.09. The van der Waals surface area contributed by atoms with E-state index in [9.17, 15) is 15.0 Å². The van der Waals surface area contributed by atoms with Crippen LogP contribution in [0, 0.1) is 5.92 Å². The molecule has 0 saturated carbocycles. The number of phenols is 1. The minimum atomic E-state index is -0.355. The fraction of sp³-hybridized carbons (Fsp3) is 0.350. The van der Waals surface area contributed by atoms with Gasteiger partial charge in [-0.25, -0.2) is 0 Å². The minimum absolute atomic E-state index is 0.0750. The van der Waals surface area contributed by atoms with E-state index < -0.39 is 0 Å². The number of hydrogen-bond acceptors (Lipinski definition) is 3.